The van der Waals surface area contributed by atoms with Crippen LogP contribution >= 0.6 is 0 Å². The molecule has 2 N–H and O–H groups in total. The van der Waals surface area contributed by atoms with E-state index in [1.165, 1.54) is 4.90 Å². The summed E-state index contributed by atoms with van der Waals surface area (Å²) in [5.74, 6) is -0.764. The smallest absolute Gasteiger partial charge is 0.408 e. The molecule has 1 aromatic carbocycles. The van der Waals surface area contributed by atoms with Gasteiger partial charge in [0.1, 0.15) is 17.7 Å². The highest BCUT2D eigenvalue weighted by atomic mass is 16.6. The maximum atomic E-state index is 13.6. The van der Waals surface area contributed by atoms with E-state index in [0.717, 1.165) is 36.0 Å². The van der Waals surface area contributed by atoms with Crippen molar-refractivity contribution >= 4 is 17.9 Å². The van der Waals surface area contributed by atoms with Gasteiger partial charge >= 0.3 is 6.09 Å². The number of unbranched alkanes of at least 4 members (excludes halogenated alkanes) is 2. The number of carbonyl (C=O) groups is 3. The molecule has 0 spiro atoms. The summed E-state index contributed by atoms with van der Waals surface area (Å²) < 4.78 is 5.35. The first-order valence-electron chi connectivity index (χ1n) is 11.9. The molecule has 0 aliphatic heterocycles. The molecule has 7 nitrogen and oxygen atoms in total. The average molecular weight is 462 g/mol. The van der Waals surface area contributed by atoms with E-state index in [2.05, 4.69) is 17.6 Å². The lowest BCUT2D eigenvalue weighted by Gasteiger charge is -2.33. The molecule has 3 amide bonds. The zero-order valence-electron chi connectivity index (χ0n) is 21.9. The third kappa shape index (κ3) is 8.71. The molecule has 0 saturated carbocycles. The minimum absolute atomic E-state index is 0.195. The van der Waals surface area contributed by atoms with Gasteiger partial charge in [0.05, 0.1) is 0 Å². The van der Waals surface area contributed by atoms with E-state index in [4.69, 9.17) is 4.74 Å². The molecule has 2 atom stereocenters. The van der Waals surface area contributed by atoms with Crippen LogP contribution in [0.5, 0.6) is 0 Å². The van der Waals surface area contributed by atoms with Crippen molar-refractivity contribution in [2.75, 3.05) is 13.6 Å². The average Bonchev–Trinajstić information content (AvgIpc) is 2.70. The fraction of sp³-hybridized carbons (Fsp3) is 0.654. The fourth-order valence-electron chi connectivity index (χ4n) is 3.57. The zero-order valence-corrected chi connectivity index (χ0v) is 21.9. The number of amides is 3. The van der Waals surface area contributed by atoms with E-state index in [1.54, 1.807) is 27.8 Å². The molecular formula is C26H43N3O4. The highest BCUT2D eigenvalue weighted by molar-refractivity contribution is 5.92. The molecule has 0 aromatic heterocycles. The van der Waals surface area contributed by atoms with Gasteiger partial charge in [0, 0.05) is 13.6 Å². The molecule has 0 radical (unpaired) electrons. The topological polar surface area (TPSA) is 87.7 Å². The number of nitrogens with zero attached hydrogens (tertiary/aromatic N) is 1. The number of hydrogen-bond donors (Lipinski definition) is 2. The maximum Gasteiger partial charge on any atom is 0.408 e. The molecule has 7 heteroatoms. The number of benzene rings is 1. The number of carbonyl (C=O) groups excluding carboxylic acids is 3. The molecule has 0 aliphatic rings. The summed E-state index contributed by atoms with van der Waals surface area (Å²) in [5.41, 5.74) is 2.11. The minimum atomic E-state index is -0.828. The lowest BCUT2D eigenvalue weighted by atomic mass is 9.94. The van der Waals surface area contributed by atoms with E-state index < -0.39 is 23.8 Å². The van der Waals surface area contributed by atoms with Crippen molar-refractivity contribution in [2.24, 2.45) is 5.92 Å². The molecule has 1 rings (SSSR count). The van der Waals surface area contributed by atoms with Crippen LogP contribution < -0.4 is 10.6 Å². The second-order valence-corrected chi connectivity index (χ2v) is 10.0. The second kappa shape index (κ2) is 12.6. The van der Waals surface area contributed by atoms with Crippen LogP contribution in [0.1, 0.15) is 83.5 Å². The molecular weight excluding hydrogens is 418 g/mol. The second-order valence-electron chi connectivity index (χ2n) is 10.0. The number of nitrogens with one attached hydrogen (secondary N) is 2. The standard InChI is InChI=1S/C26H43N3O4/c1-10-11-12-16-27-23(30)22(20-15-13-14-18(4)19(20)5)29(9)24(31)21(17(2)3)28-25(32)33-26(6,7)8/h13-15,17,21-22H,10-12,16H2,1-9H3,(H,27,30)(H,28,32). The van der Waals surface area contributed by atoms with Crippen molar-refractivity contribution < 1.29 is 19.1 Å². The number of hydrogen-bond acceptors (Lipinski definition) is 4. The Morgan fingerprint density at radius 1 is 1.09 bits per heavy atom. The first-order valence-corrected chi connectivity index (χ1v) is 11.9. The van der Waals surface area contributed by atoms with Crippen LogP contribution in [0.25, 0.3) is 0 Å². The lowest BCUT2D eigenvalue weighted by molar-refractivity contribution is -0.141. The highest BCUT2D eigenvalue weighted by Gasteiger charge is 2.36. The van der Waals surface area contributed by atoms with Gasteiger partial charge in [-0.15, -0.1) is 0 Å². The van der Waals surface area contributed by atoms with Crippen LogP contribution in [0.2, 0.25) is 0 Å². The van der Waals surface area contributed by atoms with Crippen LogP contribution in [-0.4, -0.2) is 48.0 Å². The predicted octanol–water partition coefficient (Wildman–Crippen LogP) is 4.66. The Labute approximate surface area is 199 Å². The van der Waals surface area contributed by atoms with Crippen molar-refractivity contribution in [2.45, 2.75) is 92.3 Å². The van der Waals surface area contributed by atoms with Crippen LogP contribution in [-0.2, 0) is 14.3 Å². The number of aryl methyl sites for hydroxylation is 1. The number of likely N-dealkylation sites (N-methyl/N-ethyl adjacent to an activating group) is 1. The van der Waals surface area contributed by atoms with Crippen LogP contribution in [0, 0.1) is 19.8 Å². The third-order valence-corrected chi connectivity index (χ3v) is 5.61. The molecule has 0 aliphatic carbocycles. The summed E-state index contributed by atoms with van der Waals surface area (Å²) in [4.78, 5) is 40.7. The highest BCUT2D eigenvalue weighted by Crippen LogP contribution is 2.27. The Balaban J connectivity index is 3.23. The Hall–Kier alpha value is -2.57. The van der Waals surface area contributed by atoms with Crippen LogP contribution in [0.15, 0.2) is 18.2 Å². The van der Waals surface area contributed by atoms with Gasteiger partial charge in [0.25, 0.3) is 0 Å². The summed E-state index contributed by atoms with van der Waals surface area (Å²) in [5, 5.41) is 5.69. The first kappa shape index (κ1) is 28.5. The van der Waals surface area contributed by atoms with Crippen molar-refractivity contribution in [3.05, 3.63) is 34.9 Å². The predicted molar refractivity (Wildman–Crippen MR) is 132 cm³/mol. The minimum Gasteiger partial charge on any atom is -0.444 e. The summed E-state index contributed by atoms with van der Waals surface area (Å²) in [6.45, 7) is 15.6. The van der Waals surface area contributed by atoms with Crippen molar-refractivity contribution in [3.63, 3.8) is 0 Å². The quantitative estimate of drug-likeness (QED) is 0.496. The maximum absolute atomic E-state index is 13.6. The molecule has 33 heavy (non-hydrogen) atoms. The van der Waals surface area contributed by atoms with E-state index in [-0.39, 0.29) is 17.7 Å². The lowest BCUT2D eigenvalue weighted by Crippen LogP contribution is -2.53. The first-order chi connectivity index (χ1) is 15.3. The van der Waals surface area contributed by atoms with E-state index in [0.29, 0.717) is 6.54 Å². The SMILES string of the molecule is CCCCCNC(=O)C(c1cccc(C)c1C)N(C)C(=O)C(NC(=O)OC(C)(C)C)C(C)C. The monoisotopic (exact) mass is 461 g/mol. The van der Waals surface area contributed by atoms with Gasteiger partial charge in [-0.05, 0) is 63.6 Å². The summed E-state index contributed by atoms with van der Waals surface area (Å²) in [6.07, 6.45) is 2.31. The summed E-state index contributed by atoms with van der Waals surface area (Å²) in [6, 6.07) is 4.13. The van der Waals surface area contributed by atoms with Gasteiger partial charge in [0.2, 0.25) is 11.8 Å². The van der Waals surface area contributed by atoms with Gasteiger partial charge in [-0.1, -0.05) is 51.8 Å². The Bertz CT molecular complexity index is 814. The molecule has 0 bridgehead atoms. The summed E-state index contributed by atoms with van der Waals surface area (Å²) >= 11 is 0. The Kier molecular flexibility index (Phi) is 10.9. The molecule has 186 valence electrons. The molecule has 0 fully saturated rings. The van der Waals surface area contributed by atoms with Gasteiger partial charge in [-0.2, -0.15) is 0 Å². The fourth-order valence-corrected chi connectivity index (χ4v) is 3.57. The van der Waals surface area contributed by atoms with Gasteiger partial charge in [-0.25, -0.2) is 4.79 Å². The molecule has 0 heterocycles. The van der Waals surface area contributed by atoms with Crippen molar-refractivity contribution in [1.82, 2.24) is 15.5 Å². The van der Waals surface area contributed by atoms with Crippen LogP contribution in [0.3, 0.4) is 0 Å². The Morgan fingerprint density at radius 3 is 2.27 bits per heavy atom. The van der Waals surface area contributed by atoms with E-state index >= 15 is 0 Å². The number of rotatable bonds is 10. The third-order valence-electron chi connectivity index (χ3n) is 5.61. The van der Waals surface area contributed by atoms with E-state index in [1.807, 2.05) is 45.9 Å². The molecule has 2 unspecified atom stereocenters. The number of ether oxygens (including phenoxy) is 1. The normalized spacial score (nSPS) is 13.3. The van der Waals surface area contributed by atoms with Gasteiger partial charge in [-0.3, -0.25) is 9.59 Å². The van der Waals surface area contributed by atoms with Gasteiger partial charge < -0.3 is 20.3 Å². The summed E-state index contributed by atoms with van der Waals surface area (Å²) in [7, 11) is 1.62. The van der Waals surface area contributed by atoms with Crippen molar-refractivity contribution in [1.29, 1.82) is 0 Å². The molecule has 0 saturated heterocycles. The number of alkyl carbamates (subject to hydrolysis) is 1. The van der Waals surface area contributed by atoms with Crippen molar-refractivity contribution in [3.8, 4) is 0 Å². The zero-order chi connectivity index (χ0) is 25.3. The molecule has 1 aromatic rings. The van der Waals surface area contributed by atoms with E-state index in [9.17, 15) is 14.4 Å². The van der Waals surface area contributed by atoms with Gasteiger partial charge in [0.15, 0.2) is 0 Å². The van der Waals surface area contributed by atoms with Crippen LogP contribution in [0.4, 0.5) is 4.79 Å². The Morgan fingerprint density at radius 2 is 1.73 bits per heavy atom. The largest absolute Gasteiger partial charge is 0.444 e.